The number of methoxy groups -OCH3 is 1. The predicted molar refractivity (Wildman–Crippen MR) is 111 cm³/mol. The van der Waals surface area contributed by atoms with E-state index in [2.05, 4.69) is 5.32 Å². The lowest BCUT2D eigenvalue weighted by Gasteiger charge is -2.50. The average molecular weight is 410 g/mol. The number of imide groups is 1. The molecule has 3 atom stereocenters. The third kappa shape index (κ3) is 4.01. The summed E-state index contributed by atoms with van der Waals surface area (Å²) < 4.78 is 5.13. The lowest BCUT2D eigenvalue weighted by atomic mass is 9.68. The van der Waals surface area contributed by atoms with Gasteiger partial charge in [0.25, 0.3) is 0 Å². The summed E-state index contributed by atoms with van der Waals surface area (Å²) in [4.78, 5) is 38.3. The molecule has 3 amide bonds. The number of carbonyl (C=O) groups excluding carboxylic acids is 2. The van der Waals surface area contributed by atoms with E-state index in [0.717, 1.165) is 21.8 Å². The minimum absolute atomic E-state index is 0.327. The van der Waals surface area contributed by atoms with E-state index in [1.54, 1.807) is 21.0 Å². The Balaban J connectivity index is 1.69. The molecule has 1 heterocycles. The first-order valence-electron chi connectivity index (χ1n) is 9.82. The number of amides is 3. The van der Waals surface area contributed by atoms with Gasteiger partial charge in [-0.1, -0.05) is 42.5 Å². The second-order valence-corrected chi connectivity index (χ2v) is 7.76. The Kier molecular flexibility index (Phi) is 6.10. The predicted octanol–water partition coefficient (Wildman–Crippen LogP) is 3.40. The molecule has 1 fully saturated rings. The first-order valence-corrected chi connectivity index (χ1v) is 9.82. The molecule has 0 saturated carbocycles. The van der Waals surface area contributed by atoms with E-state index in [1.165, 1.54) is 0 Å². The fourth-order valence-electron chi connectivity index (χ4n) is 3.84. The zero-order chi connectivity index (χ0) is 21.9. The molecule has 2 N–H and O–H groups in total. The average Bonchev–Trinajstić information content (AvgIpc) is 2.75. The van der Waals surface area contributed by atoms with Crippen LogP contribution in [0.25, 0.3) is 0 Å². The van der Waals surface area contributed by atoms with Gasteiger partial charge in [-0.2, -0.15) is 0 Å². The fourth-order valence-corrected chi connectivity index (χ4v) is 3.84. The number of nitrogens with zero attached hydrogens (tertiary/aromatic N) is 1. The molecule has 3 rings (SSSR count). The number of aryl methyl sites for hydroxylation is 1. The van der Waals surface area contributed by atoms with E-state index in [0.29, 0.717) is 12.8 Å². The first kappa shape index (κ1) is 21.4. The molecule has 1 aliphatic rings. The van der Waals surface area contributed by atoms with Gasteiger partial charge in [0.2, 0.25) is 5.91 Å². The number of carbonyl (C=O) groups is 3. The Morgan fingerprint density at radius 3 is 2.37 bits per heavy atom. The monoisotopic (exact) mass is 410 g/mol. The molecule has 0 bridgehead atoms. The van der Waals surface area contributed by atoms with Crippen molar-refractivity contribution in [2.45, 2.75) is 38.8 Å². The number of urea groups is 1. The van der Waals surface area contributed by atoms with Gasteiger partial charge in [0.1, 0.15) is 5.75 Å². The highest BCUT2D eigenvalue weighted by Gasteiger charge is 2.63. The molecule has 0 unspecified atom stereocenters. The summed E-state index contributed by atoms with van der Waals surface area (Å²) in [5, 5.41) is 12.5. The molecule has 30 heavy (non-hydrogen) atoms. The van der Waals surface area contributed by atoms with E-state index in [-0.39, 0.29) is 6.04 Å². The van der Waals surface area contributed by atoms with Gasteiger partial charge in [-0.05, 0) is 49.9 Å². The van der Waals surface area contributed by atoms with E-state index >= 15 is 0 Å². The maximum absolute atomic E-state index is 12.9. The zero-order valence-corrected chi connectivity index (χ0v) is 17.3. The highest BCUT2D eigenvalue weighted by molar-refractivity contribution is 6.09. The number of carboxylic acids is 1. The third-order valence-electron chi connectivity index (χ3n) is 5.75. The van der Waals surface area contributed by atoms with E-state index in [9.17, 15) is 19.5 Å². The lowest BCUT2D eigenvalue weighted by Crippen LogP contribution is -2.73. The molecule has 0 spiro atoms. The van der Waals surface area contributed by atoms with Gasteiger partial charge < -0.3 is 15.2 Å². The van der Waals surface area contributed by atoms with Crippen LogP contribution in [0.15, 0.2) is 54.6 Å². The highest BCUT2D eigenvalue weighted by Crippen LogP contribution is 2.43. The number of nitrogens with one attached hydrogen (secondary N) is 1. The molecule has 0 aliphatic carbocycles. The summed E-state index contributed by atoms with van der Waals surface area (Å²) in [6.07, 6.45) is 0.846. The van der Waals surface area contributed by atoms with Crippen LogP contribution >= 0.6 is 0 Å². The van der Waals surface area contributed by atoms with Crippen LogP contribution in [0.3, 0.4) is 0 Å². The summed E-state index contributed by atoms with van der Waals surface area (Å²) in [6.45, 7) is 3.40. The van der Waals surface area contributed by atoms with Crippen molar-refractivity contribution in [3.63, 3.8) is 0 Å². The van der Waals surface area contributed by atoms with Crippen LogP contribution in [0.4, 0.5) is 4.79 Å². The Hall–Kier alpha value is -3.35. The number of β-lactam (4-membered cyclic amide) rings is 1. The van der Waals surface area contributed by atoms with Gasteiger partial charge in [0.15, 0.2) is 6.04 Å². The third-order valence-corrected chi connectivity index (χ3v) is 5.75. The smallest absolute Gasteiger partial charge is 0.328 e. The minimum Gasteiger partial charge on any atom is -0.497 e. The Morgan fingerprint density at radius 2 is 1.80 bits per heavy atom. The molecule has 7 heteroatoms. The topological polar surface area (TPSA) is 95.9 Å². The van der Waals surface area contributed by atoms with Crippen molar-refractivity contribution in [3.8, 4) is 5.75 Å². The van der Waals surface area contributed by atoms with Gasteiger partial charge in [0.05, 0.1) is 18.6 Å². The van der Waals surface area contributed by atoms with E-state index in [4.69, 9.17) is 4.74 Å². The Labute approximate surface area is 175 Å². The van der Waals surface area contributed by atoms with E-state index in [1.807, 2.05) is 54.6 Å². The second kappa shape index (κ2) is 8.57. The SMILES string of the molecule is COc1ccc(CC[C@@]2(C)C(=O)N(C(=O)N[C@H](C)c3ccccc3)[C@@H]2C(=O)O)cc1. The number of hydrogen-bond donors (Lipinski definition) is 2. The van der Waals surface area contributed by atoms with Crippen LogP contribution in [0.2, 0.25) is 0 Å². The highest BCUT2D eigenvalue weighted by atomic mass is 16.5. The summed E-state index contributed by atoms with van der Waals surface area (Å²) in [5.41, 5.74) is 0.696. The van der Waals surface area contributed by atoms with Crippen LogP contribution in [-0.4, -0.2) is 41.1 Å². The van der Waals surface area contributed by atoms with Crippen molar-refractivity contribution in [3.05, 3.63) is 65.7 Å². The zero-order valence-electron chi connectivity index (χ0n) is 17.3. The standard InChI is InChI=1S/C23H26N2O5/c1-15(17-7-5-4-6-8-17)24-22(29)25-19(20(26)27)23(2,21(25)28)14-13-16-9-11-18(30-3)12-10-16/h4-12,15,19H,13-14H2,1-3H3,(H,24,29)(H,26,27)/t15-,19-,23-/m1/s1. The van der Waals surface area contributed by atoms with Crippen molar-refractivity contribution in [2.24, 2.45) is 5.41 Å². The molecule has 158 valence electrons. The van der Waals surface area contributed by atoms with Crippen molar-refractivity contribution < 1.29 is 24.2 Å². The first-order chi connectivity index (χ1) is 14.3. The normalized spacial score (nSPS) is 21.5. The quantitative estimate of drug-likeness (QED) is 0.682. The van der Waals surface area contributed by atoms with Crippen LogP contribution in [0.5, 0.6) is 5.75 Å². The maximum atomic E-state index is 12.9. The molecule has 1 saturated heterocycles. The molecule has 7 nitrogen and oxygen atoms in total. The minimum atomic E-state index is -1.20. The molecule has 2 aromatic carbocycles. The fraction of sp³-hybridized carbons (Fsp3) is 0.348. The molecule has 0 radical (unpaired) electrons. The second-order valence-electron chi connectivity index (χ2n) is 7.76. The van der Waals surface area contributed by atoms with Gasteiger partial charge in [-0.15, -0.1) is 0 Å². The van der Waals surface area contributed by atoms with Gasteiger partial charge in [-0.25, -0.2) is 14.5 Å². The van der Waals surface area contributed by atoms with Crippen molar-refractivity contribution in [1.29, 1.82) is 0 Å². The summed E-state index contributed by atoms with van der Waals surface area (Å²) in [6, 6.07) is 14.4. The van der Waals surface area contributed by atoms with Crippen molar-refractivity contribution >= 4 is 17.9 Å². The number of carboxylic acid groups (broad SMARTS) is 1. The lowest BCUT2D eigenvalue weighted by molar-refractivity contribution is -0.177. The summed E-state index contributed by atoms with van der Waals surface area (Å²) in [7, 11) is 1.58. The number of hydrogen-bond acceptors (Lipinski definition) is 4. The van der Waals surface area contributed by atoms with Crippen LogP contribution < -0.4 is 10.1 Å². The number of benzene rings is 2. The van der Waals surface area contributed by atoms with E-state index < -0.39 is 29.4 Å². The number of likely N-dealkylation sites (tertiary alicyclic amines) is 1. The largest absolute Gasteiger partial charge is 0.497 e. The number of aliphatic carboxylic acids is 1. The maximum Gasteiger partial charge on any atom is 0.328 e. The van der Waals surface area contributed by atoms with Crippen LogP contribution in [0.1, 0.15) is 37.4 Å². The molecular weight excluding hydrogens is 384 g/mol. The van der Waals surface area contributed by atoms with Crippen LogP contribution in [-0.2, 0) is 16.0 Å². The van der Waals surface area contributed by atoms with Gasteiger partial charge in [-0.3, -0.25) is 4.79 Å². The number of ether oxygens (including phenoxy) is 1. The molecular formula is C23H26N2O5. The molecule has 2 aromatic rings. The summed E-state index contributed by atoms with van der Waals surface area (Å²) >= 11 is 0. The summed E-state index contributed by atoms with van der Waals surface area (Å²) in [5.74, 6) is -0.931. The molecule has 1 aliphatic heterocycles. The van der Waals surface area contributed by atoms with Crippen molar-refractivity contribution in [1.82, 2.24) is 10.2 Å². The van der Waals surface area contributed by atoms with Gasteiger partial charge in [0, 0.05) is 0 Å². The van der Waals surface area contributed by atoms with Crippen molar-refractivity contribution in [2.75, 3.05) is 7.11 Å². The Morgan fingerprint density at radius 1 is 1.17 bits per heavy atom. The van der Waals surface area contributed by atoms with Crippen LogP contribution in [0, 0.1) is 5.41 Å². The number of rotatable bonds is 7. The van der Waals surface area contributed by atoms with Gasteiger partial charge >= 0.3 is 12.0 Å². The Bertz CT molecular complexity index is 928. The molecule has 0 aromatic heterocycles.